The molecular weight excluding hydrogens is 436 g/mol. The molecular formula is C17H14N4O5S3. The number of hydrogen-bond acceptors (Lipinski definition) is 9. The van der Waals surface area contributed by atoms with E-state index in [9.17, 15) is 23.3 Å². The van der Waals surface area contributed by atoms with Crippen molar-refractivity contribution in [3.63, 3.8) is 0 Å². The predicted octanol–water partition coefficient (Wildman–Crippen LogP) is 3.20. The summed E-state index contributed by atoms with van der Waals surface area (Å²) in [5, 5.41) is 13.4. The van der Waals surface area contributed by atoms with E-state index in [1.54, 1.807) is 24.3 Å². The van der Waals surface area contributed by atoms with Gasteiger partial charge in [0.05, 0.1) is 21.8 Å². The highest BCUT2D eigenvalue weighted by atomic mass is 32.2. The average Bonchev–Trinajstić information content (AvgIpc) is 3.17. The van der Waals surface area contributed by atoms with Gasteiger partial charge >= 0.3 is 0 Å². The molecule has 9 nitrogen and oxygen atoms in total. The topological polar surface area (TPSA) is 145 Å². The zero-order chi connectivity index (χ0) is 21.0. The summed E-state index contributed by atoms with van der Waals surface area (Å²) in [5.41, 5.74) is 6.03. The molecule has 2 aromatic carbocycles. The van der Waals surface area contributed by atoms with Gasteiger partial charge in [-0.3, -0.25) is 14.9 Å². The number of nitrogen functional groups attached to an aromatic ring is 1. The molecule has 0 saturated carbocycles. The van der Waals surface area contributed by atoms with Crippen molar-refractivity contribution in [2.75, 3.05) is 16.8 Å². The Balaban J connectivity index is 1.65. The summed E-state index contributed by atoms with van der Waals surface area (Å²) in [5.74, 6) is -0.214. The van der Waals surface area contributed by atoms with Gasteiger partial charge in [0.2, 0.25) is 15.7 Å². The summed E-state index contributed by atoms with van der Waals surface area (Å²) in [7, 11) is -3.89. The van der Waals surface area contributed by atoms with E-state index in [0.29, 0.717) is 5.69 Å². The minimum absolute atomic E-state index is 0.0761. The normalized spacial score (nSPS) is 11.2. The first-order valence-corrected chi connectivity index (χ1v) is 11.3. The number of rotatable bonds is 7. The number of thiazole rings is 1. The third-order valence-corrected chi connectivity index (χ3v) is 7.76. The number of aromatic nitrogens is 1. The average molecular weight is 451 g/mol. The standard InChI is InChI=1S/C17H14N4O5S3/c18-11-1-5-13(6-2-11)27-10-15(22)20-17-19-9-16(28-17)29(25,26)14-7-3-12(4-8-14)21(23)24/h1-9H,10,18H2,(H,19,20,22). The number of amides is 1. The molecule has 0 unspecified atom stereocenters. The highest BCUT2D eigenvalue weighted by Crippen LogP contribution is 2.29. The van der Waals surface area contributed by atoms with Gasteiger partial charge in [-0.1, -0.05) is 11.3 Å². The van der Waals surface area contributed by atoms with Crippen LogP contribution in [0, 0.1) is 10.1 Å². The number of hydrogen-bond donors (Lipinski definition) is 2. The molecule has 12 heteroatoms. The summed E-state index contributed by atoms with van der Waals surface area (Å²) in [4.78, 5) is 26.9. The molecule has 0 atom stereocenters. The van der Waals surface area contributed by atoms with E-state index in [0.717, 1.165) is 46.7 Å². The molecule has 0 aliphatic rings. The van der Waals surface area contributed by atoms with Crippen LogP contribution in [0.5, 0.6) is 0 Å². The number of nitrogens with zero attached hydrogens (tertiary/aromatic N) is 2. The Kier molecular flexibility index (Phi) is 6.15. The van der Waals surface area contributed by atoms with Gasteiger partial charge in [0, 0.05) is 22.7 Å². The van der Waals surface area contributed by atoms with Crippen LogP contribution in [0.15, 0.2) is 68.7 Å². The lowest BCUT2D eigenvalue weighted by Crippen LogP contribution is -2.13. The van der Waals surface area contributed by atoms with Crippen molar-refractivity contribution in [3.8, 4) is 0 Å². The summed E-state index contributed by atoms with van der Waals surface area (Å²) in [6.07, 6.45) is 1.14. The second-order valence-corrected chi connectivity index (χ2v) is 9.90. The number of nitrogens with two attached hydrogens (primary N) is 1. The first-order chi connectivity index (χ1) is 13.8. The van der Waals surface area contributed by atoms with Crippen LogP contribution in [0.2, 0.25) is 0 Å². The van der Waals surface area contributed by atoms with E-state index in [2.05, 4.69) is 10.3 Å². The molecule has 3 rings (SSSR count). The Labute approximate surface area is 174 Å². The van der Waals surface area contributed by atoms with Gasteiger partial charge in [-0.2, -0.15) is 0 Å². The highest BCUT2D eigenvalue weighted by molar-refractivity contribution is 8.00. The number of non-ortho nitro benzene ring substituents is 1. The second kappa shape index (κ2) is 8.59. The molecule has 0 aliphatic carbocycles. The minimum atomic E-state index is -3.89. The summed E-state index contributed by atoms with van der Waals surface area (Å²) < 4.78 is 25.2. The van der Waals surface area contributed by atoms with E-state index in [1.807, 2.05) is 0 Å². The molecule has 0 spiro atoms. The maximum atomic E-state index is 12.6. The van der Waals surface area contributed by atoms with Crippen molar-refractivity contribution in [1.82, 2.24) is 4.98 Å². The van der Waals surface area contributed by atoms with Crippen LogP contribution in [-0.4, -0.2) is 30.0 Å². The van der Waals surface area contributed by atoms with Crippen LogP contribution in [0.1, 0.15) is 0 Å². The van der Waals surface area contributed by atoms with E-state index in [4.69, 9.17) is 5.73 Å². The molecule has 0 saturated heterocycles. The monoisotopic (exact) mass is 450 g/mol. The smallest absolute Gasteiger partial charge is 0.269 e. The lowest BCUT2D eigenvalue weighted by molar-refractivity contribution is -0.384. The number of benzene rings is 2. The Morgan fingerprint density at radius 3 is 2.45 bits per heavy atom. The molecule has 0 fully saturated rings. The molecule has 1 aromatic heterocycles. The van der Waals surface area contributed by atoms with Gasteiger partial charge in [0.15, 0.2) is 5.13 Å². The molecule has 0 aliphatic heterocycles. The van der Waals surface area contributed by atoms with Crippen LogP contribution in [-0.2, 0) is 14.6 Å². The molecule has 1 amide bonds. The Morgan fingerprint density at radius 2 is 1.83 bits per heavy atom. The fourth-order valence-corrected chi connectivity index (χ4v) is 5.32. The predicted molar refractivity (Wildman–Crippen MR) is 111 cm³/mol. The molecule has 0 bridgehead atoms. The highest BCUT2D eigenvalue weighted by Gasteiger charge is 2.22. The fraction of sp³-hybridized carbons (Fsp3) is 0.0588. The van der Waals surface area contributed by atoms with E-state index in [-0.39, 0.29) is 31.6 Å². The molecule has 3 N–H and O–H groups in total. The van der Waals surface area contributed by atoms with Crippen LogP contribution >= 0.6 is 23.1 Å². The van der Waals surface area contributed by atoms with Gasteiger partial charge < -0.3 is 11.1 Å². The lowest BCUT2D eigenvalue weighted by atomic mass is 10.3. The van der Waals surface area contributed by atoms with Crippen LogP contribution in [0.4, 0.5) is 16.5 Å². The van der Waals surface area contributed by atoms with E-state index >= 15 is 0 Å². The zero-order valence-corrected chi connectivity index (χ0v) is 17.1. The third-order valence-electron chi connectivity index (χ3n) is 3.60. The maximum Gasteiger partial charge on any atom is 0.269 e. The quantitative estimate of drug-likeness (QED) is 0.241. The van der Waals surface area contributed by atoms with Crippen molar-refractivity contribution >= 4 is 55.3 Å². The van der Waals surface area contributed by atoms with Gasteiger partial charge in [0.25, 0.3) is 5.69 Å². The Hall–Kier alpha value is -2.96. The van der Waals surface area contributed by atoms with Crippen molar-refractivity contribution < 1.29 is 18.1 Å². The number of carbonyl (C=O) groups is 1. The lowest BCUT2D eigenvalue weighted by Gasteiger charge is -2.03. The molecule has 3 aromatic rings. The van der Waals surface area contributed by atoms with Crippen molar-refractivity contribution in [3.05, 3.63) is 64.8 Å². The van der Waals surface area contributed by atoms with Crippen molar-refractivity contribution in [2.45, 2.75) is 14.0 Å². The first-order valence-electron chi connectivity index (χ1n) is 7.99. The number of nitro benzene ring substituents is 1. The summed E-state index contributed by atoms with van der Waals surface area (Å²) >= 11 is 2.11. The fourth-order valence-electron chi connectivity index (χ4n) is 2.17. The largest absolute Gasteiger partial charge is 0.399 e. The van der Waals surface area contributed by atoms with Gasteiger partial charge in [-0.15, -0.1) is 11.8 Å². The van der Waals surface area contributed by atoms with Crippen molar-refractivity contribution in [1.29, 1.82) is 0 Å². The summed E-state index contributed by atoms with van der Waals surface area (Å²) in [6, 6.07) is 11.6. The number of thioether (sulfide) groups is 1. The van der Waals surface area contributed by atoms with Crippen LogP contribution in [0.3, 0.4) is 0 Å². The molecule has 0 radical (unpaired) electrons. The van der Waals surface area contributed by atoms with Crippen LogP contribution < -0.4 is 11.1 Å². The number of carbonyl (C=O) groups excluding carboxylic acids is 1. The number of anilines is 2. The van der Waals surface area contributed by atoms with Gasteiger partial charge in [-0.05, 0) is 36.4 Å². The molecule has 29 heavy (non-hydrogen) atoms. The number of nitrogens with one attached hydrogen (secondary N) is 1. The Morgan fingerprint density at radius 1 is 1.17 bits per heavy atom. The van der Waals surface area contributed by atoms with Crippen LogP contribution in [0.25, 0.3) is 0 Å². The molecule has 1 heterocycles. The Bertz CT molecular complexity index is 1140. The number of sulfone groups is 1. The SMILES string of the molecule is Nc1ccc(SCC(=O)Nc2ncc(S(=O)(=O)c3ccc([N+](=O)[O-])cc3)s2)cc1. The maximum absolute atomic E-state index is 12.6. The number of nitro groups is 1. The zero-order valence-electron chi connectivity index (χ0n) is 14.6. The second-order valence-electron chi connectivity index (χ2n) is 5.64. The van der Waals surface area contributed by atoms with E-state index in [1.165, 1.54) is 11.8 Å². The summed E-state index contributed by atoms with van der Waals surface area (Å²) in [6.45, 7) is 0. The van der Waals surface area contributed by atoms with Gasteiger partial charge in [0.1, 0.15) is 4.21 Å². The third kappa shape index (κ3) is 5.10. The molecule has 150 valence electrons. The minimum Gasteiger partial charge on any atom is -0.399 e. The first kappa shape index (κ1) is 20.8. The van der Waals surface area contributed by atoms with E-state index < -0.39 is 14.8 Å². The van der Waals surface area contributed by atoms with Gasteiger partial charge in [-0.25, -0.2) is 13.4 Å². The van der Waals surface area contributed by atoms with Crippen molar-refractivity contribution in [2.24, 2.45) is 0 Å².